The topological polar surface area (TPSA) is 47.6 Å². The van der Waals surface area contributed by atoms with Gasteiger partial charge in [0.05, 0.1) is 17.5 Å². The molecule has 1 N–H and O–H groups in total. The Balaban J connectivity index is 2.94. The summed E-state index contributed by atoms with van der Waals surface area (Å²) in [6, 6.07) is 3.43. The Morgan fingerprint density at radius 1 is 1.33 bits per heavy atom. The summed E-state index contributed by atoms with van der Waals surface area (Å²) >= 11 is 12.2. The van der Waals surface area contributed by atoms with E-state index in [1.54, 1.807) is 26.0 Å². The number of carbonyl (C=O) groups is 1. The Morgan fingerprint density at radius 3 is 2.57 bits per heavy atom. The molecular weight excluding hydrogens is 313 g/mol. The normalized spacial score (nSPS) is 11.3. The molecule has 0 unspecified atom stereocenters. The molecule has 0 spiro atoms. The summed E-state index contributed by atoms with van der Waals surface area (Å²) in [5, 5.41) is 4.18. The van der Waals surface area contributed by atoms with Crippen molar-refractivity contribution >= 4 is 29.2 Å². The van der Waals surface area contributed by atoms with E-state index < -0.39 is 5.41 Å². The zero-order chi connectivity index (χ0) is 16.0. The van der Waals surface area contributed by atoms with Crippen LogP contribution in [0.15, 0.2) is 12.1 Å². The van der Waals surface area contributed by atoms with Crippen LogP contribution in [0.3, 0.4) is 0 Å². The van der Waals surface area contributed by atoms with Crippen molar-refractivity contribution in [2.75, 3.05) is 20.3 Å². The maximum atomic E-state index is 11.7. The van der Waals surface area contributed by atoms with Gasteiger partial charge in [-0.25, -0.2) is 0 Å². The molecule has 0 atom stereocenters. The lowest BCUT2D eigenvalue weighted by Crippen LogP contribution is -2.32. The molecule has 4 nitrogen and oxygen atoms in total. The highest BCUT2D eigenvalue weighted by Crippen LogP contribution is 2.33. The van der Waals surface area contributed by atoms with E-state index in [1.165, 1.54) is 7.11 Å². The molecule has 0 heterocycles. The van der Waals surface area contributed by atoms with E-state index in [1.807, 2.05) is 6.92 Å². The number of esters is 1. The van der Waals surface area contributed by atoms with Gasteiger partial charge < -0.3 is 14.8 Å². The van der Waals surface area contributed by atoms with Crippen LogP contribution >= 0.6 is 23.2 Å². The van der Waals surface area contributed by atoms with Gasteiger partial charge in [0, 0.05) is 17.1 Å². The van der Waals surface area contributed by atoms with E-state index >= 15 is 0 Å². The Bertz CT molecular complexity index is 504. The van der Waals surface area contributed by atoms with Crippen molar-refractivity contribution in [3.8, 4) is 5.75 Å². The van der Waals surface area contributed by atoms with E-state index in [4.69, 9.17) is 32.7 Å². The van der Waals surface area contributed by atoms with Gasteiger partial charge >= 0.3 is 5.97 Å². The van der Waals surface area contributed by atoms with E-state index in [0.29, 0.717) is 22.3 Å². The second-order valence-corrected chi connectivity index (χ2v) is 6.16. The molecule has 0 saturated heterocycles. The Kier molecular flexibility index (Phi) is 6.78. The summed E-state index contributed by atoms with van der Waals surface area (Å²) < 4.78 is 10.5. The number of carbonyl (C=O) groups excluding carboxylic acids is 1. The summed E-state index contributed by atoms with van der Waals surface area (Å²) in [5.41, 5.74) is 0.0997. The monoisotopic (exact) mass is 333 g/mol. The molecule has 0 bridgehead atoms. The summed E-state index contributed by atoms with van der Waals surface area (Å²) in [5.74, 6) is 0.208. The first-order valence-corrected chi connectivity index (χ1v) is 7.47. The minimum absolute atomic E-state index is 0.167. The lowest BCUT2D eigenvalue weighted by molar-refractivity contribution is -0.152. The number of methoxy groups -OCH3 is 1. The van der Waals surface area contributed by atoms with Crippen LogP contribution in [0.25, 0.3) is 0 Å². The number of hydrogen-bond donors (Lipinski definition) is 1. The molecule has 6 heteroatoms. The first-order valence-electron chi connectivity index (χ1n) is 6.71. The van der Waals surface area contributed by atoms with E-state index in [-0.39, 0.29) is 12.6 Å². The van der Waals surface area contributed by atoms with E-state index in [9.17, 15) is 4.79 Å². The van der Waals surface area contributed by atoms with Crippen LogP contribution in [-0.4, -0.2) is 26.2 Å². The molecule has 1 rings (SSSR count). The molecule has 0 aliphatic heterocycles. The average Bonchev–Trinajstić information content (AvgIpc) is 2.42. The first-order chi connectivity index (χ1) is 9.81. The number of hydrogen-bond acceptors (Lipinski definition) is 4. The van der Waals surface area contributed by atoms with E-state index in [0.717, 1.165) is 12.1 Å². The summed E-state index contributed by atoms with van der Waals surface area (Å²) in [6.07, 6.45) is 0. The second-order valence-electron chi connectivity index (χ2n) is 5.32. The fourth-order valence-corrected chi connectivity index (χ4v) is 2.34. The summed E-state index contributed by atoms with van der Waals surface area (Å²) in [6.45, 7) is 7.09. The fraction of sp³-hybridized carbons (Fsp3) is 0.533. The predicted octanol–water partition coefficient (Wildman–Crippen LogP) is 3.68. The maximum absolute atomic E-state index is 11.7. The fourth-order valence-electron chi connectivity index (χ4n) is 1.75. The van der Waals surface area contributed by atoms with Gasteiger partial charge in [-0.1, -0.05) is 30.1 Å². The van der Waals surface area contributed by atoms with E-state index in [2.05, 4.69) is 5.32 Å². The van der Waals surface area contributed by atoms with Gasteiger partial charge in [-0.2, -0.15) is 0 Å². The van der Waals surface area contributed by atoms with Gasteiger partial charge in [-0.15, -0.1) is 0 Å². The summed E-state index contributed by atoms with van der Waals surface area (Å²) in [4.78, 5) is 11.7. The van der Waals surface area contributed by atoms with Crippen LogP contribution in [0, 0.1) is 5.41 Å². The standard InChI is InChI=1S/C15H21Cl2NO3/c1-5-18-8-10-6-11(16)7-12(17)13(10)21-9-15(2,3)14(19)20-4/h6-7,18H,5,8-9H2,1-4H3. The van der Waals surface area contributed by atoms with Crippen LogP contribution in [0.4, 0.5) is 0 Å². The van der Waals surface area contributed by atoms with Gasteiger partial charge in [0.15, 0.2) is 0 Å². The minimum atomic E-state index is -0.757. The third-order valence-corrected chi connectivity index (χ3v) is 3.47. The SMILES string of the molecule is CCNCc1cc(Cl)cc(Cl)c1OCC(C)(C)C(=O)OC. The van der Waals surface area contributed by atoms with Crippen LogP contribution in [0.2, 0.25) is 10.0 Å². The molecule has 1 aromatic rings. The lowest BCUT2D eigenvalue weighted by atomic mass is 9.95. The molecule has 0 aliphatic rings. The summed E-state index contributed by atoms with van der Waals surface area (Å²) in [7, 11) is 1.36. The van der Waals surface area contributed by atoms with Crippen molar-refractivity contribution in [2.45, 2.75) is 27.3 Å². The van der Waals surface area contributed by atoms with Crippen molar-refractivity contribution < 1.29 is 14.3 Å². The Hall–Kier alpha value is -0.970. The van der Waals surface area contributed by atoms with Crippen LogP contribution < -0.4 is 10.1 Å². The largest absolute Gasteiger partial charge is 0.491 e. The average molecular weight is 334 g/mol. The molecule has 0 fully saturated rings. The third-order valence-electron chi connectivity index (χ3n) is 2.97. The Labute approximate surface area is 135 Å². The molecule has 0 saturated carbocycles. The number of rotatable bonds is 7. The quantitative estimate of drug-likeness (QED) is 0.773. The van der Waals surface area contributed by atoms with Crippen molar-refractivity contribution in [1.82, 2.24) is 5.32 Å². The van der Waals surface area contributed by atoms with Crippen LogP contribution in [0.1, 0.15) is 26.3 Å². The maximum Gasteiger partial charge on any atom is 0.314 e. The Morgan fingerprint density at radius 2 is 2.00 bits per heavy atom. The molecule has 21 heavy (non-hydrogen) atoms. The molecule has 0 aromatic heterocycles. The molecule has 0 aliphatic carbocycles. The van der Waals surface area contributed by atoms with Crippen molar-refractivity contribution in [2.24, 2.45) is 5.41 Å². The minimum Gasteiger partial charge on any atom is -0.491 e. The van der Waals surface area contributed by atoms with Crippen LogP contribution in [-0.2, 0) is 16.1 Å². The van der Waals surface area contributed by atoms with Gasteiger partial charge in [0.25, 0.3) is 0 Å². The van der Waals surface area contributed by atoms with Gasteiger partial charge in [-0.05, 0) is 32.5 Å². The van der Waals surface area contributed by atoms with Crippen LogP contribution in [0.5, 0.6) is 5.75 Å². The highest BCUT2D eigenvalue weighted by molar-refractivity contribution is 6.35. The number of benzene rings is 1. The smallest absolute Gasteiger partial charge is 0.314 e. The second kappa shape index (κ2) is 7.87. The highest BCUT2D eigenvalue weighted by Gasteiger charge is 2.30. The first kappa shape index (κ1) is 18.1. The number of nitrogens with one attached hydrogen (secondary N) is 1. The van der Waals surface area contributed by atoms with Gasteiger partial charge in [0.1, 0.15) is 12.4 Å². The molecule has 1 aromatic carbocycles. The predicted molar refractivity (Wildman–Crippen MR) is 85.1 cm³/mol. The lowest BCUT2D eigenvalue weighted by Gasteiger charge is -2.23. The van der Waals surface area contributed by atoms with Crippen molar-refractivity contribution in [1.29, 1.82) is 0 Å². The third kappa shape index (κ3) is 5.06. The number of ether oxygens (including phenoxy) is 2. The zero-order valence-electron chi connectivity index (χ0n) is 12.8. The van der Waals surface area contributed by atoms with Crippen molar-refractivity contribution in [3.05, 3.63) is 27.7 Å². The van der Waals surface area contributed by atoms with Crippen molar-refractivity contribution in [3.63, 3.8) is 0 Å². The molecule has 0 amide bonds. The molecule has 0 radical (unpaired) electrons. The van der Waals surface area contributed by atoms with Gasteiger partial charge in [0.2, 0.25) is 0 Å². The van der Waals surface area contributed by atoms with Gasteiger partial charge in [-0.3, -0.25) is 4.79 Å². The molecular formula is C15H21Cl2NO3. The highest BCUT2D eigenvalue weighted by atomic mass is 35.5. The number of halogens is 2. The zero-order valence-corrected chi connectivity index (χ0v) is 14.3. The molecule has 118 valence electrons.